The molecule has 2 aromatic heterocycles. The highest BCUT2D eigenvalue weighted by Crippen LogP contribution is 2.18. The molecule has 0 unspecified atom stereocenters. The Bertz CT molecular complexity index is 687. The van der Waals surface area contributed by atoms with Crippen LogP contribution in [0.25, 0.3) is 6.08 Å². The quantitative estimate of drug-likeness (QED) is 0.855. The third-order valence-corrected chi connectivity index (χ3v) is 3.81. The summed E-state index contributed by atoms with van der Waals surface area (Å²) in [4.78, 5) is 25.3. The summed E-state index contributed by atoms with van der Waals surface area (Å²) in [6.45, 7) is 0.468. The number of nitrogens with zero attached hydrogens (tertiary/aromatic N) is 3. The summed E-state index contributed by atoms with van der Waals surface area (Å²) in [6, 6.07) is 3.55. The van der Waals surface area contributed by atoms with Gasteiger partial charge in [-0.05, 0) is 29.2 Å². The van der Waals surface area contributed by atoms with E-state index in [1.807, 2.05) is 11.4 Å². The zero-order chi connectivity index (χ0) is 15.4. The number of aryl methyl sites for hydroxylation is 1. The smallest absolute Gasteiger partial charge is 0.328 e. The monoisotopic (exact) mass is 305 g/mol. The summed E-state index contributed by atoms with van der Waals surface area (Å²) in [6.07, 6.45) is 4.21. The van der Waals surface area contributed by atoms with E-state index in [1.165, 1.54) is 22.1 Å². The second-order valence-corrected chi connectivity index (χ2v) is 5.51. The van der Waals surface area contributed by atoms with Crippen LogP contribution in [0.2, 0.25) is 0 Å². The molecule has 0 saturated heterocycles. The van der Waals surface area contributed by atoms with Crippen molar-refractivity contribution in [3.05, 3.63) is 45.9 Å². The fraction of sp³-hybridized carbons (Fsp3) is 0.214. The molecule has 110 valence electrons. The van der Waals surface area contributed by atoms with Crippen LogP contribution in [0, 0.1) is 0 Å². The minimum absolute atomic E-state index is 0.106. The van der Waals surface area contributed by atoms with Crippen LogP contribution < -0.4 is 0 Å². The highest BCUT2D eigenvalue weighted by atomic mass is 32.1. The number of carboxylic acids is 1. The van der Waals surface area contributed by atoms with Crippen molar-refractivity contribution >= 4 is 29.3 Å². The molecule has 0 bridgehead atoms. The molecule has 0 radical (unpaired) electrons. The lowest BCUT2D eigenvalue weighted by atomic mass is 10.2. The third-order valence-electron chi connectivity index (χ3n) is 2.87. The molecule has 1 amide bonds. The number of aromatic nitrogens is 2. The molecule has 2 rings (SSSR count). The van der Waals surface area contributed by atoms with Gasteiger partial charge in [0.15, 0.2) is 0 Å². The van der Waals surface area contributed by atoms with Crippen molar-refractivity contribution in [2.75, 3.05) is 7.05 Å². The molecule has 0 fully saturated rings. The van der Waals surface area contributed by atoms with Gasteiger partial charge in [-0.15, -0.1) is 11.3 Å². The van der Waals surface area contributed by atoms with Gasteiger partial charge in [0.05, 0.1) is 6.54 Å². The fourth-order valence-corrected chi connectivity index (χ4v) is 2.73. The molecule has 0 aliphatic heterocycles. The molecule has 0 aliphatic rings. The molecule has 0 aliphatic carbocycles. The van der Waals surface area contributed by atoms with E-state index in [2.05, 4.69) is 5.10 Å². The molecule has 6 nitrogen and oxygen atoms in total. The van der Waals surface area contributed by atoms with Gasteiger partial charge in [-0.2, -0.15) is 5.10 Å². The van der Waals surface area contributed by atoms with Crippen LogP contribution in [0.15, 0.2) is 29.8 Å². The van der Waals surface area contributed by atoms with Gasteiger partial charge >= 0.3 is 5.97 Å². The Hall–Kier alpha value is -2.41. The van der Waals surface area contributed by atoms with Gasteiger partial charge in [0.25, 0.3) is 5.91 Å². The predicted octanol–water partition coefficient (Wildman–Crippen LogP) is 1.85. The van der Waals surface area contributed by atoms with Gasteiger partial charge in [-0.25, -0.2) is 4.79 Å². The highest BCUT2D eigenvalue weighted by molar-refractivity contribution is 7.10. The molecular formula is C14H15N3O3S. The van der Waals surface area contributed by atoms with E-state index in [1.54, 1.807) is 31.3 Å². The Labute approximate surface area is 125 Å². The molecule has 0 saturated carbocycles. The number of thiophene rings is 1. The average Bonchev–Trinajstić information content (AvgIpc) is 3.04. The van der Waals surface area contributed by atoms with Gasteiger partial charge in [-0.3, -0.25) is 9.48 Å². The first-order chi connectivity index (χ1) is 9.97. The summed E-state index contributed by atoms with van der Waals surface area (Å²) in [5.41, 5.74) is 1.35. The SMILES string of the molecule is CN(Cc1cc(C=CC(=O)O)cs1)C(=O)c1ccnn1C. The first-order valence-corrected chi connectivity index (χ1v) is 7.07. The topological polar surface area (TPSA) is 75.4 Å². The van der Waals surface area contributed by atoms with Gasteiger partial charge < -0.3 is 10.0 Å². The van der Waals surface area contributed by atoms with Crippen molar-refractivity contribution in [1.82, 2.24) is 14.7 Å². The number of hydrogen-bond acceptors (Lipinski definition) is 4. The molecule has 1 N–H and O–H groups in total. The second-order valence-electron chi connectivity index (χ2n) is 4.52. The first kappa shape index (κ1) is 15.0. The lowest BCUT2D eigenvalue weighted by Gasteiger charge is -2.15. The Morgan fingerprint density at radius 1 is 1.52 bits per heavy atom. The summed E-state index contributed by atoms with van der Waals surface area (Å²) < 4.78 is 1.54. The fourth-order valence-electron chi connectivity index (χ4n) is 1.82. The van der Waals surface area contributed by atoms with E-state index >= 15 is 0 Å². The standard InChI is InChI=1S/C14H15N3O3S/c1-16(14(20)12-5-6-15-17(12)2)8-11-7-10(9-21-11)3-4-13(18)19/h3-7,9H,8H2,1-2H3,(H,18,19). The maximum absolute atomic E-state index is 12.2. The number of rotatable bonds is 5. The third kappa shape index (κ3) is 3.79. The molecule has 21 heavy (non-hydrogen) atoms. The van der Waals surface area contributed by atoms with E-state index in [4.69, 9.17) is 5.11 Å². The molecule has 0 atom stereocenters. The molecule has 0 spiro atoms. The van der Waals surface area contributed by atoms with Crippen LogP contribution >= 0.6 is 11.3 Å². The Morgan fingerprint density at radius 3 is 2.90 bits per heavy atom. The van der Waals surface area contributed by atoms with Crippen molar-refractivity contribution in [2.45, 2.75) is 6.54 Å². The van der Waals surface area contributed by atoms with Crippen LogP contribution in [0.3, 0.4) is 0 Å². The molecule has 2 aromatic rings. The van der Waals surface area contributed by atoms with Crippen molar-refractivity contribution in [3.63, 3.8) is 0 Å². The minimum Gasteiger partial charge on any atom is -0.478 e. The highest BCUT2D eigenvalue weighted by Gasteiger charge is 2.15. The van der Waals surface area contributed by atoms with Crippen molar-refractivity contribution in [1.29, 1.82) is 0 Å². The number of amides is 1. The van der Waals surface area contributed by atoms with Crippen LogP contribution in [-0.2, 0) is 18.4 Å². The zero-order valence-corrected chi connectivity index (χ0v) is 12.5. The van der Waals surface area contributed by atoms with Gasteiger partial charge in [0.2, 0.25) is 0 Å². The number of carboxylic acid groups (broad SMARTS) is 1. The predicted molar refractivity (Wildman–Crippen MR) is 80.0 cm³/mol. The van der Waals surface area contributed by atoms with E-state index in [9.17, 15) is 9.59 Å². The number of carbonyl (C=O) groups excluding carboxylic acids is 1. The molecule has 2 heterocycles. The first-order valence-electron chi connectivity index (χ1n) is 6.19. The summed E-state index contributed by atoms with van der Waals surface area (Å²) in [5, 5.41) is 14.4. The summed E-state index contributed by atoms with van der Waals surface area (Å²) in [5.74, 6) is -1.09. The van der Waals surface area contributed by atoms with Crippen molar-refractivity contribution in [2.24, 2.45) is 7.05 Å². The Balaban J connectivity index is 2.03. The largest absolute Gasteiger partial charge is 0.478 e. The van der Waals surface area contributed by atoms with Gasteiger partial charge in [-0.1, -0.05) is 0 Å². The maximum Gasteiger partial charge on any atom is 0.328 e. The summed E-state index contributed by atoms with van der Waals surface area (Å²) >= 11 is 1.49. The zero-order valence-electron chi connectivity index (χ0n) is 11.7. The van der Waals surface area contributed by atoms with Crippen LogP contribution in [-0.4, -0.2) is 38.7 Å². The van der Waals surface area contributed by atoms with Crippen molar-refractivity contribution in [3.8, 4) is 0 Å². The molecular weight excluding hydrogens is 290 g/mol. The maximum atomic E-state index is 12.2. The molecule has 0 aromatic carbocycles. The lowest BCUT2D eigenvalue weighted by molar-refractivity contribution is -0.131. The summed E-state index contributed by atoms with van der Waals surface area (Å²) in [7, 11) is 3.45. The van der Waals surface area contributed by atoms with Gasteiger partial charge in [0.1, 0.15) is 5.69 Å². The van der Waals surface area contributed by atoms with Crippen molar-refractivity contribution < 1.29 is 14.7 Å². The Morgan fingerprint density at radius 2 is 2.29 bits per heavy atom. The van der Waals surface area contributed by atoms with Gasteiger partial charge in [0, 0.05) is 31.2 Å². The van der Waals surface area contributed by atoms with E-state index in [0.29, 0.717) is 12.2 Å². The van der Waals surface area contributed by atoms with E-state index in [-0.39, 0.29) is 5.91 Å². The average molecular weight is 305 g/mol. The Kier molecular flexibility index (Phi) is 4.54. The van der Waals surface area contributed by atoms with Crippen LogP contribution in [0.4, 0.5) is 0 Å². The second kappa shape index (κ2) is 6.36. The number of carbonyl (C=O) groups is 2. The number of aliphatic carboxylic acids is 1. The van der Waals surface area contributed by atoms with E-state index in [0.717, 1.165) is 16.5 Å². The lowest BCUT2D eigenvalue weighted by Crippen LogP contribution is -2.27. The normalized spacial score (nSPS) is 11.0. The van der Waals surface area contributed by atoms with E-state index < -0.39 is 5.97 Å². The van der Waals surface area contributed by atoms with Crippen LogP contribution in [0.1, 0.15) is 20.9 Å². The number of hydrogen-bond donors (Lipinski definition) is 1. The minimum atomic E-state index is -0.980. The van der Waals surface area contributed by atoms with Crippen LogP contribution in [0.5, 0.6) is 0 Å². The molecule has 7 heteroatoms.